The van der Waals surface area contributed by atoms with Gasteiger partial charge in [0.1, 0.15) is 11.6 Å². The maximum Gasteiger partial charge on any atom is 0.258 e. The molecule has 1 aromatic heterocycles. The van der Waals surface area contributed by atoms with Crippen molar-refractivity contribution in [2.45, 2.75) is 45.8 Å². The zero-order chi connectivity index (χ0) is 20.1. The van der Waals surface area contributed by atoms with E-state index in [0.717, 1.165) is 11.3 Å². The maximum atomic E-state index is 12.3. The molecule has 1 atom stereocenters. The Balaban J connectivity index is 1.57. The lowest BCUT2D eigenvalue weighted by Gasteiger charge is -2.16. The molecule has 0 saturated carbocycles. The van der Waals surface area contributed by atoms with Gasteiger partial charge in [-0.25, -0.2) is 4.98 Å². The molecule has 0 spiro atoms. The van der Waals surface area contributed by atoms with E-state index < -0.39 is 0 Å². The number of nitrogens with one attached hydrogen (secondary N) is 2. The van der Waals surface area contributed by atoms with Gasteiger partial charge in [-0.1, -0.05) is 24.3 Å². The number of carbonyl (C=O) groups excluding carboxylic acids is 1. The lowest BCUT2D eigenvalue weighted by molar-refractivity contribution is -0.121. The van der Waals surface area contributed by atoms with Crippen molar-refractivity contribution in [3.05, 3.63) is 70.3 Å². The molecule has 3 rings (SSSR count). The second-order valence-corrected chi connectivity index (χ2v) is 7.05. The van der Waals surface area contributed by atoms with E-state index in [1.54, 1.807) is 18.2 Å². The van der Waals surface area contributed by atoms with Crippen LogP contribution in [0.2, 0.25) is 0 Å². The van der Waals surface area contributed by atoms with Crippen molar-refractivity contribution in [2.75, 3.05) is 0 Å². The Morgan fingerprint density at radius 1 is 1.11 bits per heavy atom. The summed E-state index contributed by atoms with van der Waals surface area (Å²) in [7, 11) is 0. The van der Waals surface area contributed by atoms with Gasteiger partial charge >= 0.3 is 0 Å². The van der Waals surface area contributed by atoms with Crippen LogP contribution in [-0.2, 0) is 11.2 Å². The topological polar surface area (TPSA) is 84.1 Å². The standard InChI is InChI=1S/C22H25N3O3/c1-14(2)28-17-10-8-16(9-11-17)15(3)23-21(26)13-12-20-24-19-7-5-4-6-18(19)22(27)25-20/h4-11,14-15H,12-13H2,1-3H3,(H,23,26)(H,24,25,27). The van der Waals surface area contributed by atoms with E-state index in [1.165, 1.54) is 0 Å². The van der Waals surface area contributed by atoms with Gasteiger partial charge in [0.05, 0.1) is 23.0 Å². The molecule has 146 valence electrons. The molecule has 0 aliphatic carbocycles. The summed E-state index contributed by atoms with van der Waals surface area (Å²) in [5.74, 6) is 1.23. The molecule has 2 N–H and O–H groups in total. The molecular weight excluding hydrogens is 354 g/mol. The zero-order valence-electron chi connectivity index (χ0n) is 16.4. The summed E-state index contributed by atoms with van der Waals surface area (Å²) in [5, 5.41) is 3.53. The molecule has 0 bridgehead atoms. The molecule has 0 aliphatic rings. The first kappa shape index (κ1) is 19.6. The van der Waals surface area contributed by atoms with Crippen molar-refractivity contribution < 1.29 is 9.53 Å². The fourth-order valence-corrected chi connectivity index (χ4v) is 2.99. The van der Waals surface area contributed by atoms with Crippen LogP contribution < -0.4 is 15.6 Å². The Hall–Kier alpha value is -3.15. The number of aryl methyl sites for hydroxylation is 1. The van der Waals surface area contributed by atoms with Gasteiger partial charge in [-0.15, -0.1) is 0 Å². The van der Waals surface area contributed by atoms with Crippen molar-refractivity contribution >= 4 is 16.8 Å². The quantitative estimate of drug-likeness (QED) is 0.658. The second-order valence-electron chi connectivity index (χ2n) is 7.05. The van der Waals surface area contributed by atoms with Gasteiger partial charge in [0.25, 0.3) is 5.56 Å². The van der Waals surface area contributed by atoms with Crippen LogP contribution >= 0.6 is 0 Å². The molecule has 0 fully saturated rings. The third-order valence-electron chi connectivity index (χ3n) is 4.38. The molecule has 1 unspecified atom stereocenters. The average Bonchev–Trinajstić information content (AvgIpc) is 2.66. The van der Waals surface area contributed by atoms with Gasteiger partial charge < -0.3 is 15.0 Å². The van der Waals surface area contributed by atoms with Gasteiger partial charge in [0.15, 0.2) is 0 Å². The number of amides is 1. The first-order valence-corrected chi connectivity index (χ1v) is 9.46. The molecule has 0 aliphatic heterocycles. The fraction of sp³-hybridized carbons (Fsp3) is 0.318. The predicted molar refractivity (Wildman–Crippen MR) is 109 cm³/mol. The number of rotatable bonds is 7. The van der Waals surface area contributed by atoms with Gasteiger partial charge in [-0.05, 0) is 50.6 Å². The highest BCUT2D eigenvalue weighted by molar-refractivity contribution is 5.78. The van der Waals surface area contributed by atoms with E-state index in [-0.39, 0.29) is 30.0 Å². The summed E-state index contributed by atoms with van der Waals surface area (Å²) >= 11 is 0. The smallest absolute Gasteiger partial charge is 0.258 e. The first-order valence-electron chi connectivity index (χ1n) is 9.46. The lowest BCUT2D eigenvalue weighted by atomic mass is 10.1. The van der Waals surface area contributed by atoms with Crippen LogP contribution in [-0.4, -0.2) is 22.0 Å². The molecule has 2 aromatic carbocycles. The van der Waals surface area contributed by atoms with E-state index in [1.807, 2.05) is 51.1 Å². The van der Waals surface area contributed by atoms with Crippen molar-refractivity contribution in [1.29, 1.82) is 0 Å². The number of ether oxygens (including phenoxy) is 1. The van der Waals surface area contributed by atoms with Crippen molar-refractivity contribution in [2.24, 2.45) is 0 Å². The highest BCUT2D eigenvalue weighted by Crippen LogP contribution is 2.18. The molecule has 6 nitrogen and oxygen atoms in total. The molecule has 28 heavy (non-hydrogen) atoms. The Morgan fingerprint density at radius 3 is 2.54 bits per heavy atom. The number of fused-ring (bicyclic) bond motifs is 1. The normalized spacial score (nSPS) is 12.1. The summed E-state index contributed by atoms with van der Waals surface area (Å²) in [5.41, 5.74) is 1.46. The summed E-state index contributed by atoms with van der Waals surface area (Å²) in [6.45, 7) is 5.90. The number of para-hydroxylation sites is 1. The van der Waals surface area contributed by atoms with Crippen LogP contribution in [0.3, 0.4) is 0 Å². The average molecular weight is 379 g/mol. The minimum absolute atomic E-state index is 0.0918. The Kier molecular flexibility index (Phi) is 6.09. The molecule has 1 amide bonds. The lowest BCUT2D eigenvalue weighted by Crippen LogP contribution is -2.27. The van der Waals surface area contributed by atoms with Crippen LogP contribution in [0, 0.1) is 0 Å². The van der Waals surface area contributed by atoms with Crippen molar-refractivity contribution in [3.8, 4) is 5.75 Å². The first-order chi connectivity index (χ1) is 13.4. The Morgan fingerprint density at radius 2 is 1.82 bits per heavy atom. The maximum absolute atomic E-state index is 12.3. The predicted octanol–water partition coefficient (Wildman–Crippen LogP) is 3.52. The summed E-state index contributed by atoms with van der Waals surface area (Å²) in [6.07, 6.45) is 0.748. The highest BCUT2D eigenvalue weighted by Gasteiger charge is 2.11. The number of benzene rings is 2. The Bertz CT molecular complexity index is 1010. The number of hydrogen-bond donors (Lipinski definition) is 2. The summed E-state index contributed by atoms with van der Waals surface area (Å²) < 4.78 is 5.63. The highest BCUT2D eigenvalue weighted by atomic mass is 16.5. The van der Waals surface area contributed by atoms with Crippen molar-refractivity contribution in [1.82, 2.24) is 15.3 Å². The summed E-state index contributed by atoms with van der Waals surface area (Å²) in [6, 6.07) is 14.8. The largest absolute Gasteiger partial charge is 0.491 e. The second kappa shape index (κ2) is 8.69. The number of H-pyrrole nitrogens is 1. The monoisotopic (exact) mass is 379 g/mol. The minimum atomic E-state index is -0.182. The molecular formula is C22H25N3O3. The minimum Gasteiger partial charge on any atom is -0.491 e. The Labute approximate surface area is 164 Å². The van der Waals surface area contributed by atoms with Crippen LogP contribution in [0.15, 0.2) is 53.3 Å². The number of hydrogen-bond acceptors (Lipinski definition) is 4. The molecule has 0 saturated heterocycles. The van der Waals surface area contributed by atoms with E-state index in [2.05, 4.69) is 15.3 Å². The number of aromatic amines is 1. The van der Waals surface area contributed by atoms with E-state index in [0.29, 0.717) is 23.1 Å². The number of nitrogens with zero attached hydrogens (tertiary/aromatic N) is 1. The van der Waals surface area contributed by atoms with E-state index in [4.69, 9.17) is 4.74 Å². The van der Waals surface area contributed by atoms with Gasteiger partial charge in [-0.3, -0.25) is 9.59 Å². The van der Waals surface area contributed by atoms with Crippen LogP contribution in [0.25, 0.3) is 10.9 Å². The van der Waals surface area contributed by atoms with Crippen molar-refractivity contribution in [3.63, 3.8) is 0 Å². The fourth-order valence-electron chi connectivity index (χ4n) is 2.99. The number of aromatic nitrogens is 2. The van der Waals surface area contributed by atoms with Gasteiger partial charge in [-0.2, -0.15) is 0 Å². The van der Waals surface area contributed by atoms with E-state index >= 15 is 0 Å². The third kappa shape index (κ3) is 4.97. The molecule has 0 radical (unpaired) electrons. The molecule has 6 heteroatoms. The molecule has 3 aromatic rings. The molecule has 1 heterocycles. The van der Waals surface area contributed by atoms with Crippen LogP contribution in [0.4, 0.5) is 0 Å². The van der Waals surface area contributed by atoms with Gasteiger partial charge in [0.2, 0.25) is 5.91 Å². The van der Waals surface area contributed by atoms with Gasteiger partial charge in [0, 0.05) is 12.8 Å². The summed E-state index contributed by atoms with van der Waals surface area (Å²) in [4.78, 5) is 31.6. The zero-order valence-corrected chi connectivity index (χ0v) is 16.4. The SMILES string of the molecule is CC(C)Oc1ccc(C(C)NC(=O)CCc2nc3ccccc3c(=O)[nH]2)cc1. The third-order valence-corrected chi connectivity index (χ3v) is 4.38. The number of carbonyl (C=O) groups is 1. The van der Waals surface area contributed by atoms with Crippen LogP contribution in [0.1, 0.15) is 44.6 Å². The van der Waals surface area contributed by atoms with Crippen LogP contribution in [0.5, 0.6) is 5.75 Å². The van der Waals surface area contributed by atoms with E-state index in [9.17, 15) is 9.59 Å².